The van der Waals surface area contributed by atoms with Gasteiger partial charge in [-0.1, -0.05) is 27.5 Å². The number of anilines is 1. The first-order chi connectivity index (χ1) is 9.53. The summed E-state index contributed by atoms with van der Waals surface area (Å²) in [7, 11) is -3.74. The van der Waals surface area contributed by atoms with Crippen LogP contribution in [0.2, 0.25) is 0 Å². The van der Waals surface area contributed by atoms with E-state index in [0.29, 0.717) is 11.1 Å². The summed E-state index contributed by atoms with van der Waals surface area (Å²) in [6.07, 6.45) is 0. The van der Waals surface area contributed by atoms with Gasteiger partial charge in [-0.2, -0.15) is 0 Å². The fourth-order valence-electron chi connectivity index (χ4n) is 1.46. The largest absolute Gasteiger partial charge is 0.320 e. The zero-order valence-electron chi connectivity index (χ0n) is 10.5. The van der Waals surface area contributed by atoms with Gasteiger partial charge in [-0.25, -0.2) is 8.42 Å². The molecule has 0 radical (unpaired) electrons. The van der Waals surface area contributed by atoms with Gasteiger partial charge in [0.1, 0.15) is 0 Å². The SMILES string of the molecule is Cc1ccc(C#CCN)cc1S(=O)(=O)Nc1nnns1. The first kappa shape index (κ1) is 14.4. The lowest BCUT2D eigenvalue weighted by Crippen LogP contribution is -2.14. The summed E-state index contributed by atoms with van der Waals surface area (Å²) < 4.78 is 30.4. The highest BCUT2D eigenvalue weighted by Gasteiger charge is 2.19. The molecule has 0 aliphatic rings. The number of aryl methyl sites for hydroxylation is 1. The highest BCUT2D eigenvalue weighted by atomic mass is 32.2. The normalized spacial score (nSPS) is 10.7. The summed E-state index contributed by atoms with van der Waals surface area (Å²) in [5, 5.41) is 7.00. The number of sulfonamides is 1. The van der Waals surface area contributed by atoms with E-state index >= 15 is 0 Å². The van der Waals surface area contributed by atoms with E-state index in [2.05, 4.69) is 31.4 Å². The predicted molar refractivity (Wildman–Crippen MR) is 75.6 cm³/mol. The third-order valence-electron chi connectivity index (χ3n) is 2.33. The van der Waals surface area contributed by atoms with Crippen molar-refractivity contribution in [3.05, 3.63) is 29.3 Å². The van der Waals surface area contributed by atoms with Crippen LogP contribution in [0.1, 0.15) is 11.1 Å². The van der Waals surface area contributed by atoms with Crippen molar-refractivity contribution in [3.8, 4) is 11.8 Å². The van der Waals surface area contributed by atoms with E-state index in [4.69, 9.17) is 5.73 Å². The molecule has 3 N–H and O–H groups in total. The van der Waals surface area contributed by atoms with Gasteiger partial charge < -0.3 is 5.73 Å². The Bertz CT molecular complexity index is 760. The summed E-state index contributed by atoms with van der Waals surface area (Å²) in [5.74, 6) is 5.48. The molecule has 0 unspecified atom stereocenters. The van der Waals surface area contributed by atoms with Crippen molar-refractivity contribution < 1.29 is 8.42 Å². The molecule has 1 heterocycles. The second-order valence-electron chi connectivity index (χ2n) is 3.76. The number of hydrogen-bond acceptors (Lipinski definition) is 7. The van der Waals surface area contributed by atoms with Crippen molar-refractivity contribution in [1.29, 1.82) is 0 Å². The molecule has 7 nitrogen and oxygen atoms in total. The highest BCUT2D eigenvalue weighted by Crippen LogP contribution is 2.20. The predicted octanol–water partition coefficient (Wildman–Crippen LogP) is 0.353. The fourth-order valence-corrected chi connectivity index (χ4v) is 3.32. The number of nitrogens with two attached hydrogens (primary N) is 1. The van der Waals surface area contributed by atoms with Crippen LogP contribution in [0.4, 0.5) is 5.13 Å². The van der Waals surface area contributed by atoms with Crippen LogP contribution in [-0.4, -0.2) is 29.8 Å². The molecular weight excluding hydrogens is 298 g/mol. The lowest BCUT2D eigenvalue weighted by atomic mass is 10.1. The lowest BCUT2D eigenvalue weighted by Gasteiger charge is -2.08. The molecule has 104 valence electrons. The average Bonchev–Trinajstić information content (AvgIpc) is 2.89. The number of aromatic nitrogens is 3. The van der Waals surface area contributed by atoms with Gasteiger partial charge in [-0.05, 0) is 29.8 Å². The van der Waals surface area contributed by atoms with Crippen LogP contribution in [0.15, 0.2) is 23.1 Å². The van der Waals surface area contributed by atoms with Gasteiger partial charge in [0.15, 0.2) is 0 Å². The molecule has 1 aromatic carbocycles. The van der Waals surface area contributed by atoms with Crippen molar-refractivity contribution in [2.24, 2.45) is 5.73 Å². The third kappa shape index (κ3) is 3.30. The van der Waals surface area contributed by atoms with Crippen molar-refractivity contribution in [1.82, 2.24) is 14.8 Å². The molecule has 9 heteroatoms. The average molecular weight is 309 g/mol. The molecule has 1 aromatic heterocycles. The Kier molecular flexibility index (Phi) is 4.29. The maximum atomic E-state index is 12.3. The third-order valence-corrected chi connectivity index (χ3v) is 4.45. The van der Waals surface area contributed by atoms with Gasteiger partial charge in [0.2, 0.25) is 5.13 Å². The molecular formula is C11H11N5O2S2. The Labute approximate surface area is 120 Å². The molecule has 0 saturated carbocycles. The Morgan fingerprint density at radius 1 is 1.45 bits per heavy atom. The maximum Gasteiger partial charge on any atom is 0.264 e. The molecule has 0 spiro atoms. The molecule has 0 aliphatic carbocycles. The van der Waals surface area contributed by atoms with Crippen LogP contribution in [-0.2, 0) is 10.0 Å². The summed E-state index contributed by atoms with van der Waals surface area (Å²) in [5.41, 5.74) is 6.48. The number of benzene rings is 1. The fraction of sp³-hybridized carbons (Fsp3) is 0.182. The van der Waals surface area contributed by atoms with Gasteiger partial charge >= 0.3 is 0 Å². The monoisotopic (exact) mass is 309 g/mol. The summed E-state index contributed by atoms with van der Waals surface area (Å²) >= 11 is 0.861. The maximum absolute atomic E-state index is 12.3. The minimum Gasteiger partial charge on any atom is -0.320 e. The van der Waals surface area contributed by atoms with Crippen molar-refractivity contribution in [3.63, 3.8) is 0 Å². The van der Waals surface area contributed by atoms with E-state index in [0.717, 1.165) is 11.5 Å². The van der Waals surface area contributed by atoms with Crippen molar-refractivity contribution >= 4 is 26.7 Å². The van der Waals surface area contributed by atoms with E-state index in [1.807, 2.05) is 0 Å². The van der Waals surface area contributed by atoms with Gasteiger partial charge in [0, 0.05) is 17.1 Å². The summed E-state index contributed by atoms with van der Waals surface area (Å²) in [6, 6.07) is 4.92. The Morgan fingerprint density at radius 2 is 2.25 bits per heavy atom. The second-order valence-corrected chi connectivity index (χ2v) is 6.14. The Morgan fingerprint density at radius 3 is 2.90 bits per heavy atom. The van der Waals surface area contributed by atoms with E-state index in [1.165, 1.54) is 6.07 Å². The first-order valence-corrected chi connectivity index (χ1v) is 7.76. The lowest BCUT2D eigenvalue weighted by molar-refractivity contribution is 0.600. The van der Waals surface area contributed by atoms with Crippen LogP contribution in [0.5, 0.6) is 0 Å². The minimum absolute atomic E-state index is 0.114. The number of nitrogens with one attached hydrogen (secondary N) is 1. The van der Waals surface area contributed by atoms with E-state index in [-0.39, 0.29) is 16.6 Å². The minimum atomic E-state index is -3.74. The topological polar surface area (TPSA) is 111 Å². The zero-order chi connectivity index (χ0) is 14.6. The van der Waals surface area contributed by atoms with Gasteiger partial charge in [0.05, 0.1) is 11.4 Å². The number of rotatable bonds is 3. The van der Waals surface area contributed by atoms with Gasteiger partial charge in [-0.3, -0.25) is 4.72 Å². The second kappa shape index (κ2) is 5.96. The zero-order valence-corrected chi connectivity index (χ0v) is 12.1. The van der Waals surface area contributed by atoms with Gasteiger partial charge in [0.25, 0.3) is 10.0 Å². The molecule has 0 atom stereocenters. The van der Waals surface area contributed by atoms with E-state index < -0.39 is 10.0 Å². The molecule has 0 aliphatic heterocycles. The van der Waals surface area contributed by atoms with Gasteiger partial charge in [-0.15, -0.1) is 0 Å². The van der Waals surface area contributed by atoms with Crippen LogP contribution in [0.3, 0.4) is 0 Å². The molecule has 2 aromatic rings. The van der Waals surface area contributed by atoms with E-state index in [1.54, 1.807) is 19.1 Å². The van der Waals surface area contributed by atoms with Crippen LogP contribution >= 0.6 is 11.5 Å². The smallest absolute Gasteiger partial charge is 0.264 e. The molecule has 0 saturated heterocycles. The summed E-state index contributed by atoms with van der Waals surface area (Å²) in [6.45, 7) is 1.91. The van der Waals surface area contributed by atoms with Crippen LogP contribution in [0.25, 0.3) is 0 Å². The Balaban J connectivity index is 2.40. The first-order valence-electron chi connectivity index (χ1n) is 5.50. The van der Waals surface area contributed by atoms with E-state index in [9.17, 15) is 8.42 Å². The molecule has 20 heavy (non-hydrogen) atoms. The Hall–Kier alpha value is -2.02. The molecule has 2 rings (SSSR count). The highest BCUT2D eigenvalue weighted by molar-refractivity contribution is 7.93. The molecule has 0 bridgehead atoms. The van der Waals surface area contributed by atoms with Crippen LogP contribution < -0.4 is 10.5 Å². The number of hydrogen-bond donors (Lipinski definition) is 2. The van der Waals surface area contributed by atoms with Crippen molar-refractivity contribution in [2.75, 3.05) is 11.3 Å². The van der Waals surface area contributed by atoms with Crippen molar-refractivity contribution in [2.45, 2.75) is 11.8 Å². The van der Waals surface area contributed by atoms with Crippen LogP contribution in [0, 0.1) is 18.8 Å². The molecule has 0 fully saturated rings. The molecule has 0 amide bonds. The quantitative estimate of drug-likeness (QED) is 0.792. The summed E-state index contributed by atoms with van der Waals surface area (Å²) in [4.78, 5) is 0.136. The standard InChI is InChI=1S/C11H11N5O2S2/c1-8-4-5-9(3-2-6-12)7-10(8)20(17,18)14-11-13-15-16-19-11/h4-5,7H,6,12H2,1H3,(H,13,14,16). The number of nitrogens with zero attached hydrogens (tertiary/aromatic N) is 3.